The molecule has 4 heteroatoms. The van der Waals surface area contributed by atoms with Crippen molar-refractivity contribution >= 4 is 32.6 Å². The third-order valence-corrected chi connectivity index (χ3v) is 2.65. The molecule has 0 radical (unpaired) electrons. The van der Waals surface area contributed by atoms with E-state index in [4.69, 9.17) is 0 Å². The number of fused-ring (bicyclic) bond motifs is 1. The largest absolute Gasteiger partial charge is 0.352 e. The first-order valence-electron chi connectivity index (χ1n) is 4.06. The summed E-state index contributed by atoms with van der Waals surface area (Å²) in [7, 11) is 0. The van der Waals surface area contributed by atoms with Gasteiger partial charge in [-0.15, -0.1) is 0 Å². The van der Waals surface area contributed by atoms with Gasteiger partial charge in [0.15, 0.2) is 5.78 Å². The van der Waals surface area contributed by atoms with Gasteiger partial charge < -0.3 is 4.98 Å². The van der Waals surface area contributed by atoms with Crippen LogP contribution >= 0.6 is 15.9 Å². The van der Waals surface area contributed by atoms with Gasteiger partial charge in [-0.2, -0.15) is 0 Å². The lowest BCUT2D eigenvalue weighted by Gasteiger charge is -1.93. The van der Waals surface area contributed by atoms with Crippen LogP contribution in [0.3, 0.4) is 0 Å². The van der Waals surface area contributed by atoms with Crippen molar-refractivity contribution < 1.29 is 9.18 Å². The first-order valence-corrected chi connectivity index (χ1v) is 4.86. The minimum Gasteiger partial charge on any atom is -0.352 e. The molecule has 0 saturated heterocycles. The highest BCUT2D eigenvalue weighted by Gasteiger charge is 2.07. The van der Waals surface area contributed by atoms with E-state index in [1.54, 1.807) is 12.1 Å². The average molecular weight is 256 g/mol. The van der Waals surface area contributed by atoms with Gasteiger partial charge in [0.05, 0.1) is 10.2 Å². The standard InChI is InChI=1S/C10H7BrFNO/c1-5(14)9-3-6-2-7(11)8(12)4-10(6)13-9/h2-4,13H,1H3. The average Bonchev–Trinajstić information content (AvgIpc) is 2.48. The van der Waals surface area contributed by atoms with Crippen LogP contribution < -0.4 is 0 Å². The predicted octanol–water partition coefficient (Wildman–Crippen LogP) is 3.27. The maximum atomic E-state index is 13.1. The summed E-state index contributed by atoms with van der Waals surface area (Å²) < 4.78 is 13.5. The summed E-state index contributed by atoms with van der Waals surface area (Å²) in [5.74, 6) is -0.396. The molecule has 2 nitrogen and oxygen atoms in total. The molecule has 0 unspecified atom stereocenters. The second-order valence-corrected chi connectivity index (χ2v) is 3.95. The van der Waals surface area contributed by atoms with Crippen molar-refractivity contribution in [3.8, 4) is 0 Å². The Morgan fingerprint density at radius 2 is 2.14 bits per heavy atom. The molecule has 1 heterocycles. The highest BCUT2D eigenvalue weighted by molar-refractivity contribution is 9.10. The fraction of sp³-hybridized carbons (Fsp3) is 0.100. The molecule has 1 aromatic carbocycles. The number of aromatic amines is 1. The van der Waals surface area contributed by atoms with E-state index in [0.29, 0.717) is 15.7 Å². The zero-order valence-corrected chi connectivity index (χ0v) is 8.98. The normalized spacial score (nSPS) is 10.8. The van der Waals surface area contributed by atoms with Gasteiger partial charge in [-0.05, 0) is 34.1 Å². The molecule has 0 spiro atoms. The van der Waals surface area contributed by atoms with Crippen molar-refractivity contribution in [2.45, 2.75) is 6.92 Å². The van der Waals surface area contributed by atoms with Gasteiger partial charge in [0.2, 0.25) is 0 Å². The Kier molecular flexibility index (Phi) is 2.15. The monoisotopic (exact) mass is 255 g/mol. The number of hydrogen-bond donors (Lipinski definition) is 1. The number of hydrogen-bond acceptors (Lipinski definition) is 1. The number of aromatic nitrogens is 1. The van der Waals surface area contributed by atoms with Gasteiger partial charge in [-0.1, -0.05) is 0 Å². The molecular weight excluding hydrogens is 249 g/mol. The summed E-state index contributed by atoms with van der Waals surface area (Å²) in [6, 6.07) is 4.72. The van der Waals surface area contributed by atoms with E-state index in [-0.39, 0.29) is 11.6 Å². The molecule has 0 bridgehead atoms. The van der Waals surface area contributed by atoms with Crippen molar-refractivity contribution in [1.82, 2.24) is 4.98 Å². The Morgan fingerprint density at radius 3 is 2.79 bits per heavy atom. The van der Waals surface area contributed by atoms with Gasteiger partial charge in [0.25, 0.3) is 0 Å². The number of rotatable bonds is 1. The van der Waals surface area contributed by atoms with Crippen LogP contribution in [0.4, 0.5) is 4.39 Å². The Bertz CT molecular complexity index is 479. The lowest BCUT2D eigenvalue weighted by atomic mass is 10.2. The Morgan fingerprint density at radius 1 is 1.43 bits per heavy atom. The minimum absolute atomic E-state index is 0.0577. The molecular formula is C10H7BrFNO. The zero-order chi connectivity index (χ0) is 10.3. The lowest BCUT2D eigenvalue weighted by Crippen LogP contribution is -1.89. The molecule has 0 aliphatic rings. The molecule has 2 rings (SSSR count). The van der Waals surface area contributed by atoms with Crippen LogP contribution in [0.5, 0.6) is 0 Å². The van der Waals surface area contributed by atoms with Crippen LogP contribution in [0.2, 0.25) is 0 Å². The summed E-state index contributed by atoms with van der Waals surface area (Å²) in [6.07, 6.45) is 0. The number of halogens is 2. The van der Waals surface area contributed by atoms with E-state index in [0.717, 1.165) is 5.39 Å². The Labute approximate surface area is 88.2 Å². The van der Waals surface area contributed by atoms with Crippen LogP contribution in [-0.4, -0.2) is 10.8 Å². The smallest absolute Gasteiger partial charge is 0.175 e. The van der Waals surface area contributed by atoms with Crippen molar-refractivity contribution in [3.63, 3.8) is 0 Å². The molecule has 1 N–H and O–H groups in total. The van der Waals surface area contributed by atoms with Crippen LogP contribution in [0.15, 0.2) is 22.7 Å². The van der Waals surface area contributed by atoms with Gasteiger partial charge >= 0.3 is 0 Å². The van der Waals surface area contributed by atoms with E-state index >= 15 is 0 Å². The van der Waals surface area contributed by atoms with E-state index in [1.807, 2.05) is 0 Å². The number of carbonyl (C=O) groups is 1. The van der Waals surface area contributed by atoms with Gasteiger partial charge in [0, 0.05) is 17.8 Å². The zero-order valence-electron chi connectivity index (χ0n) is 7.40. The van der Waals surface area contributed by atoms with E-state index < -0.39 is 0 Å². The number of nitrogens with one attached hydrogen (secondary N) is 1. The maximum absolute atomic E-state index is 13.1. The SMILES string of the molecule is CC(=O)c1cc2cc(Br)c(F)cc2[nH]1. The molecule has 0 aliphatic carbocycles. The van der Waals surface area contributed by atoms with Crippen molar-refractivity contribution in [1.29, 1.82) is 0 Å². The summed E-state index contributed by atoms with van der Waals surface area (Å²) in [5, 5.41) is 0.823. The quantitative estimate of drug-likeness (QED) is 0.780. The second-order valence-electron chi connectivity index (χ2n) is 3.09. The number of Topliss-reactive ketones (excluding diaryl/α,β-unsaturated/α-hetero) is 1. The highest BCUT2D eigenvalue weighted by Crippen LogP contribution is 2.23. The van der Waals surface area contributed by atoms with Crippen LogP contribution in [-0.2, 0) is 0 Å². The minimum atomic E-state index is -0.338. The van der Waals surface area contributed by atoms with Crippen LogP contribution in [0, 0.1) is 5.82 Å². The number of ketones is 1. The predicted molar refractivity (Wildman–Crippen MR) is 56.0 cm³/mol. The molecule has 0 saturated carbocycles. The highest BCUT2D eigenvalue weighted by atomic mass is 79.9. The second kappa shape index (κ2) is 3.20. The van der Waals surface area contributed by atoms with Gasteiger partial charge in [-0.3, -0.25) is 4.79 Å². The van der Waals surface area contributed by atoms with Crippen molar-refractivity contribution in [2.75, 3.05) is 0 Å². The molecule has 72 valence electrons. The third kappa shape index (κ3) is 1.46. The fourth-order valence-electron chi connectivity index (χ4n) is 1.32. The van der Waals surface area contributed by atoms with Crippen LogP contribution in [0.25, 0.3) is 10.9 Å². The van der Waals surface area contributed by atoms with E-state index in [2.05, 4.69) is 20.9 Å². The van der Waals surface area contributed by atoms with Gasteiger partial charge in [0.1, 0.15) is 5.82 Å². The molecule has 14 heavy (non-hydrogen) atoms. The van der Waals surface area contributed by atoms with E-state index in [1.165, 1.54) is 13.0 Å². The first-order chi connectivity index (χ1) is 6.58. The van der Waals surface area contributed by atoms with E-state index in [9.17, 15) is 9.18 Å². The molecule has 0 fully saturated rings. The number of benzene rings is 1. The third-order valence-electron chi connectivity index (χ3n) is 2.04. The summed E-state index contributed by atoms with van der Waals surface area (Å²) in [6.45, 7) is 1.47. The van der Waals surface area contributed by atoms with Crippen molar-refractivity contribution in [2.24, 2.45) is 0 Å². The molecule has 1 aromatic heterocycles. The summed E-state index contributed by atoms with van der Waals surface area (Å²) >= 11 is 3.09. The lowest BCUT2D eigenvalue weighted by molar-refractivity contribution is 0.101. The molecule has 0 aliphatic heterocycles. The molecule has 0 amide bonds. The number of H-pyrrole nitrogens is 1. The summed E-state index contributed by atoms with van der Waals surface area (Å²) in [4.78, 5) is 13.9. The topological polar surface area (TPSA) is 32.9 Å². The number of carbonyl (C=O) groups excluding carboxylic acids is 1. The van der Waals surface area contributed by atoms with Crippen molar-refractivity contribution in [3.05, 3.63) is 34.2 Å². The fourth-order valence-corrected chi connectivity index (χ4v) is 1.68. The van der Waals surface area contributed by atoms with Crippen LogP contribution in [0.1, 0.15) is 17.4 Å². The van der Waals surface area contributed by atoms with Gasteiger partial charge in [-0.25, -0.2) is 4.39 Å². The Balaban J connectivity index is 2.72. The first kappa shape index (κ1) is 9.40. The maximum Gasteiger partial charge on any atom is 0.175 e. The molecule has 2 aromatic rings. The Hall–Kier alpha value is -1.16. The molecule has 0 atom stereocenters. The summed E-state index contributed by atoms with van der Waals surface area (Å²) in [5.41, 5.74) is 1.13.